The van der Waals surface area contributed by atoms with Crippen molar-refractivity contribution >= 4 is 38.8 Å². The van der Waals surface area contributed by atoms with Gasteiger partial charge in [-0.1, -0.05) is 17.7 Å². The second-order valence-corrected chi connectivity index (χ2v) is 8.33. The SMILES string of the molecule is Cc1c(Cl)cccc1S(=O)(=O)Nc1ccc(N2CN=c3occc3=C2N)cc1. The van der Waals surface area contributed by atoms with Gasteiger partial charge in [0.05, 0.1) is 16.4 Å². The van der Waals surface area contributed by atoms with Crippen LogP contribution in [-0.4, -0.2) is 15.1 Å². The molecule has 0 atom stereocenters. The Kier molecular flexibility index (Phi) is 4.52. The van der Waals surface area contributed by atoms with Crippen molar-refractivity contribution in [1.29, 1.82) is 0 Å². The first-order valence-electron chi connectivity index (χ1n) is 8.40. The first-order valence-corrected chi connectivity index (χ1v) is 10.3. The number of nitrogens with two attached hydrogens (primary N) is 1. The molecule has 0 saturated heterocycles. The van der Waals surface area contributed by atoms with Gasteiger partial charge in [-0.05, 0) is 55.0 Å². The van der Waals surface area contributed by atoms with Crippen molar-refractivity contribution in [1.82, 2.24) is 0 Å². The molecule has 2 aromatic carbocycles. The minimum Gasteiger partial charge on any atom is -0.446 e. The van der Waals surface area contributed by atoms with Crippen molar-refractivity contribution in [3.63, 3.8) is 0 Å². The van der Waals surface area contributed by atoms with E-state index < -0.39 is 10.0 Å². The van der Waals surface area contributed by atoms with Crippen LogP contribution >= 0.6 is 11.6 Å². The molecule has 9 heteroatoms. The number of nitrogens with zero attached hydrogens (tertiary/aromatic N) is 2. The van der Waals surface area contributed by atoms with Crippen LogP contribution in [0.4, 0.5) is 11.4 Å². The summed E-state index contributed by atoms with van der Waals surface area (Å²) in [5.74, 6) is 0.529. The van der Waals surface area contributed by atoms with E-state index in [-0.39, 0.29) is 4.90 Å². The summed E-state index contributed by atoms with van der Waals surface area (Å²) >= 11 is 6.04. The highest BCUT2D eigenvalue weighted by atomic mass is 35.5. The van der Waals surface area contributed by atoms with Crippen LogP contribution in [0.2, 0.25) is 5.02 Å². The van der Waals surface area contributed by atoms with E-state index in [4.69, 9.17) is 21.8 Å². The lowest BCUT2D eigenvalue weighted by Crippen LogP contribution is -2.42. The van der Waals surface area contributed by atoms with E-state index in [2.05, 4.69) is 9.71 Å². The molecule has 28 heavy (non-hydrogen) atoms. The first kappa shape index (κ1) is 18.4. The molecule has 1 aliphatic rings. The molecule has 4 rings (SSSR count). The van der Waals surface area contributed by atoms with Crippen LogP contribution < -0.4 is 26.1 Å². The molecular weight excluding hydrogens is 400 g/mol. The van der Waals surface area contributed by atoms with Crippen LogP contribution in [-0.2, 0) is 10.0 Å². The molecule has 144 valence electrons. The van der Waals surface area contributed by atoms with Crippen molar-refractivity contribution < 1.29 is 12.8 Å². The third-order valence-electron chi connectivity index (χ3n) is 4.51. The Balaban J connectivity index is 1.60. The molecular formula is C19H17ClN4O3S. The Morgan fingerprint density at radius 1 is 1.18 bits per heavy atom. The molecule has 7 nitrogen and oxygen atoms in total. The van der Waals surface area contributed by atoms with E-state index in [1.54, 1.807) is 55.7 Å². The fourth-order valence-electron chi connectivity index (χ4n) is 2.99. The van der Waals surface area contributed by atoms with Gasteiger partial charge in [0.15, 0.2) is 0 Å². The molecule has 2 heterocycles. The largest absolute Gasteiger partial charge is 0.446 e. The number of anilines is 2. The maximum absolute atomic E-state index is 12.7. The molecule has 0 amide bonds. The quantitative estimate of drug-likeness (QED) is 0.678. The number of sulfonamides is 1. The Hall–Kier alpha value is -2.97. The average molecular weight is 417 g/mol. The summed E-state index contributed by atoms with van der Waals surface area (Å²) < 4.78 is 33.2. The van der Waals surface area contributed by atoms with Gasteiger partial charge in [0, 0.05) is 16.4 Å². The highest BCUT2D eigenvalue weighted by molar-refractivity contribution is 7.92. The second kappa shape index (κ2) is 6.88. The van der Waals surface area contributed by atoms with Gasteiger partial charge in [-0.3, -0.25) is 4.72 Å². The molecule has 3 N–H and O–H groups in total. The summed E-state index contributed by atoms with van der Waals surface area (Å²) in [7, 11) is -3.76. The Bertz CT molecular complexity index is 1270. The monoisotopic (exact) mass is 416 g/mol. The van der Waals surface area contributed by atoms with E-state index in [1.165, 1.54) is 6.07 Å². The van der Waals surface area contributed by atoms with Gasteiger partial charge >= 0.3 is 0 Å². The van der Waals surface area contributed by atoms with Gasteiger partial charge in [0.2, 0.25) is 5.55 Å². The standard InChI is InChI=1S/C19H17ClN4O3S/c1-12-16(20)3-2-4-17(12)28(25,26)23-13-5-7-14(8-6-13)24-11-22-19-15(18(24)21)9-10-27-19/h2-10,23H,11,21H2,1H3. The second-order valence-electron chi connectivity index (χ2n) is 6.27. The Morgan fingerprint density at radius 3 is 2.68 bits per heavy atom. The van der Waals surface area contributed by atoms with E-state index in [0.717, 1.165) is 10.9 Å². The third-order valence-corrected chi connectivity index (χ3v) is 6.44. The van der Waals surface area contributed by atoms with E-state index in [1.807, 2.05) is 4.90 Å². The summed E-state index contributed by atoms with van der Waals surface area (Å²) in [4.78, 5) is 6.29. The highest BCUT2D eigenvalue weighted by Gasteiger charge is 2.19. The number of fused-ring (bicyclic) bond motifs is 1. The van der Waals surface area contributed by atoms with Crippen LogP contribution in [0.25, 0.3) is 5.82 Å². The number of halogens is 1. The molecule has 1 aromatic heterocycles. The van der Waals surface area contributed by atoms with Crippen molar-refractivity contribution in [2.45, 2.75) is 11.8 Å². The minimum absolute atomic E-state index is 0.143. The van der Waals surface area contributed by atoms with E-state index in [9.17, 15) is 8.42 Å². The maximum atomic E-state index is 12.7. The van der Waals surface area contributed by atoms with E-state index >= 15 is 0 Å². The number of hydrogen-bond acceptors (Lipinski definition) is 6. The maximum Gasteiger partial charge on any atom is 0.262 e. The number of nitrogens with one attached hydrogen (secondary N) is 1. The first-order chi connectivity index (χ1) is 13.4. The Labute approximate surface area is 166 Å². The zero-order valence-corrected chi connectivity index (χ0v) is 16.5. The lowest BCUT2D eigenvalue weighted by Gasteiger charge is -2.24. The normalized spacial score (nSPS) is 13.8. The fraction of sp³-hybridized carbons (Fsp3) is 0.105. The highest BCUT2D eigenvalue weighted by Crippen LogP contribution is 2.26. The van der Waals surface area contributed by atoms with Gasteiger partial charge < -0.3 is 15.1 Å². The number of furan rings is 1. The van der Waals surface area contributed by atoms with Crippen LogP contribution in [0.5, 0.6) is 0 Å². The lowest BCUT2D eigenvalue weighted by atomic mass is 10.2. The predicted molar refractivity (Wildman–Crippen MR) is 108 cm³/mol. The fourth-order valence-corrected chi connectivity index (χ4v) is 4.55. The smallest absolute Gasteiger partial charge is 0.262 e. The van der Waals surface area contributed by atoms with Gasteiger partial charge in [0.1, 0.15) is 12.5 Å². The van der Waals surface area contributed by atoms with Gasteiger partial charge in [-0.25, -0.2) is 13.4 Å². The number of rotatable bonds is 4. The van der Waals surface area contributed by atoms with Crippen LogP contribution in [0.15, 0.2) is 69.1 Å². The average Bonchev–Trinajstić information content (AvgIpc) is 3.14. The molecule has 0 aliphatic carbocycles. The summed E-state index contributed by atoms with van der Waals surface area (Å²) in [5, 5.41) is 1.13. The molecule has 0 fully saturated rings. The molecule has 3 aromatic rings. The summed E-state index contributed by atoms with van der Waals surface area (Å²) in [6.07, 6.45) is 1.54. The molecule has 0 unspecified atom stereocenters. The van der Waals surface area contributed by atoms with Crippen molar-refractivity contribution in [3.05, 3.63) is 76.2 Å². The van der Waals surface area contributed by atoms with Crippen molar-refractivity contribution in [3.8, 4) is 0 Å². The zero-order valence-electron chi connectivity index (χ0n) is 14.9. The molecule has 0 saturated carbocycles. The van der Waals surface area contributed by atoms with Gasteiger partial charge in [-0.2, -0.15) is 0 Å². The van der Waals surface area contributed by atoms with Crippen molar-refractivity contribution in [2.75, 3.05) is 16.3 Å². The van der Waals surface area contributed by atoms with Gasteiger partial charge in [-0.15, -0.1) is 0 Å². The lowest BCUT2D eigenvalue weighted by molar-refractivity contribution is 0.500. The summed E-state index contributed by atoms with van der Waals surface area (Å²) in [6.45, 7) is 1.99. The van der Waals surface area contributed by atoms with E-state index in [0.29, 0.717) is 34.3 Å². The predicted octanol–water partition coefficient (Wildman–Crippen LogP) is 2.16. The van der Waals surface area contributed by atoms with Crippen LogP contribution in [0.3, 0.4) is 0 Å². The molecule has 0 radical (unpaired) electrons. The van der Waals surface area contributed by atoms with Crippen molar-refractivity contribution in [2.24, 2.45) is 10.7 Å². The molecule has 0 spiro atoms. The topological polar surface area (TPSA) is 101 Å². The van der Waals surface area contributed by atoms with Crippen LogP contribution in [0.1, 0.15) is 5.56 Å². The summed E-state index contributed by atoms with van der Waals surface area (Å²) in [5.41, 5.74) is 8.44. The van der Waals surface area contributed by atoms with Crippen LogP contribution in [0, 0.1) is 6.92 Å². The molecule has 1 aliphatic heterocycles. The minimum atomic E-state index is -3.76. The number of hydrogen-bond donors (Lipinski definition) is 2. The Morgan fingerprint density at radius 2 is 1.93 bits per heavy atom. The number of benzene rings is 2. The summed E-state index contributed by atoms with van der Waals surface area (Å²) in [6, 6.07) is 13.4. The molecule has 0 bridgehead atoms. The zero-order chi connectivity index (χ0) is 19.9. The third kappa shape index (κ3) is 3.21. The van der Waals surface area contributed by atoms with Gasteiger partial charge in [0.25, 0.3) is 10.0 Å².